The first kappa shape index (κ1) is 23.0. The van der Waals surface area contributed by atoms with Crippen molar-refractivity contribution < 1.29 is 9.90 Å². The van der Waals surface area contributed by atoms with Gasteiger partial charge in [-0.25, -0.2) is 9.97 Å². The number of fused-ring (bicyclic) bond motifs is 2. The van der Waals surface area contributed by atoms with Crippen LogP contribution < -0.4 is 5.73 Å². The van der Waals surface area contributed by atoms with Gasteiger partial charge in [0, 0.05) is 31.6 Å². The molecule has 5 rings (SSSR count). The molecular weight excluding hydrogens is 438 g/mol. The fraction of sp³-hybridized carbons (Fsp3) is 0.250. The van der Waals surface area contributed by atoms with Crippen LogP contribution >= 0.6 is 0 Å². The summed E-state index contributed by atoms with van der Waals surface area (Å²) in [5, 5.41) is 10.1. The van der Waals surface area contributed by atoms with Crippen LogP contribution in [0, 0.1) is 0 Å². The topological polar surface area (TPSA) is 95.6 Å². The highest BCUT2D eigenvalue weighted by Crippen LogP contribution is 2.31. The van der Waals surface area contributed by atoms with Gasteiger partial charge in [0.2, 0.25) is 5.95 Å². The normalized spacial score (nSPS) is 12.9. The second-order valence-electron chi connectivity index (χ2n) is 8.84. The van der Waals surface area contributed by atoms with Gasteiger partial charge in [-0.3, -0.25) is 9.69 Å². The van der Waals surface area contributed by atoms with Gasteiger partial charge in [0.1, 0.15) is 5.69 Å². The van der Waals surface area contributed by atoms with Crippen molar-refractivity contribution in [2.45, 2.75) is 26.6 Å². The molecule has 0 radical (unpaired) electrons. The zero-order valence-electron chi connectivity index (χ0n) is 19.8. The van der Waals surface area contributed by atoms with Crippen molar-refractivity contribution in [2.24, 2.45) is 0 Å². The van der Waals surface area contributed by atoms with Crippen LogP contribution in [-0.2, 0) is 19.6 Å². The van der Waals surface area contributed by atoms with Gasteiger partial charge >= 0.3 is 0 Å². The Balaban J connectivity index is 1.54. The zero-order chi connectivity index (χ0) is 24.4. The van der Waals surface area contributed by atoms with Gasteiger partial charge in [-0.05, 0) is 46.5 Å². The third-order valence-corrected chi connectivity index (χ3v) is 6.63. The van der Waals surface area contributed by atoms with Gasteiger partial charge in [-0.15, -0.1) is 0 Å². The molecule has 0 bridgehead atoms. The van der Waals surface area contributed by atoms with Gasteiger partial charge in [-0.1, -0.05) is 61.5 Å². The average Bonchev–Trinajstić information content (AvgIpc) is 3.32. The maximum atomic E-state index is 13.6. The SMILES string of the molecule is CCN(CCO)Cc1ccccc1-c1ccc2nc(N)nc(C(=O)N3Cc4ccccc4C3)c2c1. The summed E-state index contributed by atoms with van der Waals surface area (Å²) < 4.78 is 0. The molecule has 7 heteroatoms. The summed E-state index contributed by atoms with van der Waals surface area (Å²) in [5.41, 5.74) is 12.5. The van der Waals surface area contributed by atoms with E-state index in [9.17, 15) is 9.90 Å². The van der Waals surface area contributed by atoms with Crippen molar-refractivity contribution in [3.8, 4) is 11.1 Å². The molecule has 1 amide bonds. The first-order valence-corrected chi connectivity index (χ1v) is 11.9. The number of nitrogens with zero attached hydrogens (tertiary/aromatic N) is 4. The molecule has 0 saturated carbocycles. The van der Waals surface area contributed by atoms with Crippen LogP contribution in [0.3, 0.4) is 0 Å². The molecule has 2 heterocycles. The highest BCUT2D eigenvalue weighted by Gasteiger charge is 2.27. The molecule has 0 fully saturated rings. The molecular formula is C28H29N5O2. The van der Waals surface area contributed by atoms with Crippen LogP contribution in [0.2, 0.25) is 0 Å². The first-order valence-electron chi connectivity index (χ1n) is 11.9. The molecule has 178 valence electrons. The van der Waals surface area contributed by atoms with Gasteiger partial charge in [0.25, 0.3) is 5.91 Å². The minimum atomic E-state index is -0.147. The van der Waals surface area contributed by atoms with Crippen LogP contribution in [0.5, 0.6) is 0 Å². The number of aliphatic hydroxyl groups excluding tert-OH is 1. The van der Waals surface area contributed by atoms with Gasteiger partial charge in [0.15, 0.2) is 0 Å². The largest absolute Gasteiger partial charge is 0.395 e. The lowest BCUT2D eigenvalue weighted by molar-refractivity contribution is 0.0747. The standard InChI is InChI=1S/C28H29N5O2/c1-2-32(13-14-34)16-22-9-5-6-10-23(22)19-11-12-25-24(15-19)26(31-28(29)30-25)27(35)33-17-20-7-3-4-8-21(20)18-33/h3-12,15,34H,2,13-14,16-18H2,1H3,(H2,29,30,31). The molecule has 0 spiro atoms. The van der Waals surface area contributed by atoms with E-state index < -0.39 is 0 Å². The van der Waals surface area contributed by atoms with Gasteiger partial charge in [-0.2, -0.15) is 0 Å². The molecule has 4 aromatic rings. The van der Waals surface area contributed by atoms with Crippen molar-refractivity contribution in [1.82, 2.24) is 19.8 Å². The molecule has 1 aromatic heterocycles. The number of nitrogen functional groups attached to an aromatic ring is 1. The van der Waals surface area contributed by atoms with Crippen molar-refractivity contribution in [1.29, 1.82) is 0 Å². The fourth-order valence-electron chi connectivity index (χ4n) is 4.77. The third kappa shape index (κ3) is 4.60. The Morgan fingerprint density at radius 1 is 1.03 bits per heavy atom. The van der Waals surface area contributed by atoms with E-state index in [0.29, 0.717) is 36.2 Å². The minimum absolute atomic E-state index is 0.0910. The number of likely N-dealkylation sites (N-methyl/N-ethyl adjacent to an activating group) is 1. The molecule has 1 aliphatic heterocycles. The van der Waals surface area contributed by atoms with Crippen molar-refractivity contribution >= 4 is 22.8 Å². The van der Waals surface area contributed by atoms with E-state index in [4.69, 9.17) is 5.73 Å². The van der Waals surface area contributed by atoms with Crippen molar-refractivity contribution in [3.05, 3.63) is 89.1 Å². The molecule has 0 saturated heterocycles. The Kier molecular flexibility index (Phi) is 6.44. The van der Waals surface area contributed by atoms with E-state index in [1.165, 1.54) is 0 Å². The summed E-state index contributed by atoms with van der Waals surface area (Å²) in [4.78, 5) is 26.4. The van der Waals surface area contributed by atoms with Crippen molar-refractivity contribution in [2.75, 3.05) is 25.4 Å². The number of nitrogens with two attached hydrogens (primary N) is 1. The lowest BCUT2D eigenvalue weighted by atomic mass is 9.97. The molecule has 0 unspecified atom stereocenters. The number of benzene rings is 3. The number of hydrogen-bond donors (Lipinski definition) is 2. The summed E-state index contributed by atoms with van der Waals surface area (Å²) in [6.07, 6.45) is 0. The number of carbonyl (C=O) groups is 1. The fourth-order valence-corrected chi connectivity index (χ4v) is 4.77. The maximum Gasteiger partial charge on any atom is 0.273 e. The Bertz CT molecular complexity index is 1360. The molecule has 35 heavy (non-hydrogen) atoms. The third-order valence-electron chi connectivity index (χ3n) is 6.63. The van der Waals surface area contributed by atoms with E-state index >= 15 is 0 Å². The van der Waals surface area contributed by atoms with Crippen LogP contribution in [0.4, 0.5) is 5.95 Å². The van der Waals surface area contributed by atoms with E-state index in [0.717, 1.165) is 40.9 Å². The Morgan fingerprint density at radius 3 is 2.46 bits per heavy atom. The highest BCUT2D eigenvalue weighted by atomic mass is 16.3. The number of anilines is 1. The lowest BCUT2D eigenvalue weighted by Crippen LogP contribution is -2.27. The zero-order valence-corrected chi connectivity index (χ0v) is 19.8. The first-order chi connectivity index (χ1) is 17.1. The molecule has 0 aliphatic carbocycles. The summed E-state index contributed by atoms with van der Waals surface area (Å²) in [5.74, 6) is -0.0564. The summed E-state index contributed by atoms with van der Waals surface area (Å²) >= 11 is 0. The lowest BCUT2D eigenvalue weighted by Gasteiger charge is -2.21. The van der Waals surface area contributed by atoms with Crippen molar-refractivity contribution in [3.63, 3.8) is 0 Å². The second-order valence-corrected chi connectivity index (χ2v) is 8.84. The maximum absolute atomic E-state index is 13.6. The summed E-state index contributed by atoms with van der Waals surface area (Å²) in [6, 6.07) is 22.2. The number of hydrogen-bond acceptors (Lipinski definition) is 6. The number of carbonyl (C=O) groups excluding carboxylic acids is 1. The van der Waals surface area contributed by atoms with Gasteiger partial charge in [0.05, 0.1) is 12.1 Å². The quantitative estimate of drug-likeness (QED) is 0.429. The molecule has 0 atom stereocenters. The monoisotopic (exact) mass is 467 g/mol. The average molecular weight is 468 g/mol. The number of aromatic nitrogens is 2. The summed E-state index contributed by atoms with van der Waals surface area (Å²) in [6.45, 7) is 5.51. The van der Waals surface area contributed by atoms with E-state index in [1.807, 2.05) is 42.5 Å². The molecule has 7 nitrogen and oxygen atoms in total. The molecule has 1 aliphatic rings. The van der Waals surface area contributed by atoms with E-state index in [-0.39, 0.29) is 18.5 Å². The Labute approximate surface area is 204 Å². The van der Waals surface area contributed by atoms with E-state index in [1.54, 1.807) is 4.90 Å². The van der Waals surface area contributed by atoms with Crippen LogP contribution in [-0.4, -0.2) is 50.5 Å². The summed E-state index contributed by atoms with van der Waals surface area (Å²) in [7, 11) is 0. The minimum Gasteiger partial charge on any atom is -0.395 e. The van der Waals surface area contributed by atoms with E-state index in [2.05, 4.69) is 46.1 Å². The Hall–Kier alpha value is -3.81. The van der Waals surface area contributed by atoms with Crippen LogP contribution in [0.25, 0.3) is 22.0 Å². The highest BCUT2D eigenvalue weighted by molar-refractivity contribution is 6.05. The number of aliphatic hydroxyl groups is 1. The number of rotatable bonds is 7. The van der Waals surface area contributed by atoms with Gasteiger partial charge < -0.3 is 15.7 Å². The second kappa shape index (κ2) is 9.82. The van der Waals surface area contributed by atoms with Crippen LogP contribution in [0.15, 0.2) is 66.7 Å². The Morgan fingerprint density at radius 2 is 1.74 bits per heavy atom. The molecule has 3 aromatic carbocycles. The predicted molar refractivity (Wildman–Crippen MR) is 137 cm³/mol. The molecule has 3 N–H and O–H groups in total. The predicted octanol–water partition coefficient (Wildman–Crippen LogP) is 3.85. The van der Waals surface area contributed by atoms with Crippen LogP contribution in [0.1, 0.15) is 34.1 Å². The number of amides is 1. The smallest absolute Gasteiger partial charge is 0.273 e.